The number of anilines is 1. The van der Waals surface area contributed by atoms with Crippen LogP contribution < -0.4 is 5.32 Å². The maximum atomic E-state index is 12.6. The van der Waals surface area contributed by atoms with Gasteiger partial charge in [0.05, 0.1) is 11.3 Å². The molecule has 1 aromatic heterocycles. The molecule has 0 spiro atoms. The molecule has 2 amide bonds. The lowest BCUT2D eigenvalue weighted by Crippen LogP contribution is -2.43. The van der Waals surface area contributed by atoms with E-state index in [-0.39, 0.29) is 18.1 Å². The molecule has 11 nitrogen and oxygen atoms in total. The van der Waals surface area contributed by atoms with Crippen LogP contribution in [-0.4, -0.2) is 67.9 Å². The fourth-order valence-corrected chi connectivity index (χ4v) is 3.64. The van der Waals surface area contributed by atoms with E-state index in [0.717, 1.165) is 5.69 Å². The Hall–Kier alpha value is -4.28. The van der Waals surface area contributed by atoms with Crippen LogP contribution in [0, 0.1) is 0 Å². The smallest absolute Gasteiger partial charge is 0.410 e. The minimum absolute atomic E-state index is 0.271. The van der Waals surface area contributed by atoms with Gasteiger partial charge in [0.25, 0.3) is 5.91 Å². The molecule has 188 valence electrons. The Bertz CT molecular complexity index is 1200. The SMILES string of the molecule is CC(C)(C)OC(=O)N1CCC(OC(=O)c2ccc(NC(=O)c3ccc(-n4cnnn4)cc3)cc2)CC1. The molecule has 3 aromatic rings. The number of benzene rings is 2. The summed E-state index contributed by atoms with van der Waals surface area (Å²) in [5, 5.41) is 13.8. The number of aromatic nitrogens is 4. The Labute approximate surface area is 208 Å². The summed E-state index contributed by atoms with van der Waals surface area (Å²) < 4.78 is 12.5. The largest absolute Gasteiger partial charge is 0.459 e. The number of carbonyl (C=O) groups excluding carboxylic acids is 3. The number of carbonyl (C=O) groups is 3. The van der Waals surface area contributed by atoms with Crippen LogP contribution >= 0.6 is 0 Å². The highest BCUT2D eigenvalue weighted by molar-refractivity contribution is 6.04. The molecule has 0 radical (unpaired) electrons. The van der Waals surface area contributed by atoms with Gasteiger partial charge in [0.15, 0.2) is 0 Å². The van der Waals surface area contributed by atoms with Gasteiger partial charge in [-0.25, -0.2) is 14.3 Å². The number of tetrazole rings is 1. The lowest BCUT2D eigenvalue weighted by atomic mass is 10.1. The Balaban J connectivity index is 1.26. The van der Waals surface area contributed by atoms with Gasteiger partial charge in [0.2, 0.25) is 0 Å². The topological polar surface area (TPSA) is 129 Å². The summed E-state index contributed by atoms with van der Waals surface area (Å²) in [6.45, 7) is 6.41. The molecule has 1 aliphatic rings. The summed E-state index contributed by atoms with van der Waals surface area (Å²) in [7, 11) is 0. The number of hydrogen-bond acceptors (Lipinski definition) is 8. The maximum Gasteiger partial charge on any atom is 0.410 e. The number of likely N-dealkylation sites (tertiary alicyclic amines) is 1. The Morgan fingerprint density at radius 3 is 2.17 bits per heavy atom. The Morgan fingerprint density at radius 2 is 1.58 bits per heavy atom. The first-order valence-electron chi connectivity index (χ1n) is 11.6. The molecular weight excluding hydrogens is 464 g/mol. The molecule has 0 saturated carbocycles. The van der Waals surface area contributed by atoms with Crippen molar-refractivity contribution in [2.45, 2.75) is 45.3 Å². The second kappa shape index (κ2) is 10.5. The summed E-state index contributed by atoms with van der Waals surface area (Å²) in [6.07, 6.45) is 1.94. The van der Waals surface area contributed by atoms with Crippen molar-refractivity contribution in [3.8, 4) is 5.69 Å². The van der Waals surface area contributed by atoms with Gasteiger partial charge in [0, 0.05) is 37.2 Å². The number of rotatable bonds is 5. The molecule has 2 aromatic carbocycles. The van der Waals surface area contributed by atoms with E-state index in [4.69, 9.17) is 9.47 Å². The number of hydrogen-bond donors (Lipinski definition) is 1. The summed E-state index contributed by atoms with van der Waals surface area (Å²) in [6, 6.07) is 13.3. The predicted molar refractivity (Wildman–Crippen MR) is 130 cm³/mol. The molecule has 2 heterocycles. The van der Waals surface area contributed by atoms with E-state index < -0.39 is 11.6 Å². The molecule has 1 aliphatic heterocycles. The molecule has 4 rings (SSSR count). The minimum atomic E-state index is -0.548. The van der Waals surface area contributed by atoms with Crippen molar-refractivity contribution in [3.63, 3.8) is 0 Å². The highest BCUT2D eigenvalue weighted by Crippen LogP contribution is 2.20. The van der Waals surface area contributed by atoms with Gasteiger partial charge < -0.3 is 19.7 Å². The van der Waals surface area contributed by atoms with Gasteiger partial charge >= 0.3 is 12.1 Å². The first-order chi connectivity index (χ1) is 17.2. The van der Waals surface area contributed by atoms with Gasteiger partial charge in [-0.1, -0.05) is 0 Å². The van der Waals surface area contributed by atoms with Crippen molar-refractivity contribution in [1.29, 1.82) is 0 Å². The first kappa shape index (κ1) is 24.8. The number of amides is 2. The van der Waals surface area contributed by atoms with E-state index in [2.05, 4.69) is 20.8 Å². The van der Waals surface area contributed by atoms with Crippen molar-refractivity contribution in [1.82, 2.24) is 25.1 Å². The van der Waals surface area contributed by atoms with Crippen LogP contribution in [0.3, 0.4) is 0 Å². The third kappa shape index (κ3) is 6.44. The van der Waals surface area contributed by atoms with E-state index in [1.54, 1.807) is 53.4 Å². The number of esters is 1. The monoisotopic (exact) mass is 492 g/mol. The lowest BCUT2D eigenvalue weighted by Gasteiger charge is -2.33. The molecule has 1 fully saturated rings. The number of nitrogens with one attached hydrogen (secondary N) is 1. The standard InChI is InChI=1S/C25H28N6O5/c1-25(2,3)36-24(34)30-14-12-21(13-15-30)35-23(33)18-4-8-19(9-5-18)27-22(32)17-6-10-20(11-7-17)31-16-26-28-29-31/h4-11,16,21H,12-15H2,1-3H3,(H,27,32). The predicted octanol–water partition coefficient (Wildman–Crippen LogP) is 3.47. The van der Waals surface area contributed by atoms with Gasteiger partial charge in [-0.3, -0.25) is 4.79 Å². The molecule has 0 bridgehead atoms. The van der Waals surface area contributed by atoms with Crippen LogP contribution in [0.15, 0.2) is 54.9 Å². The minimum Gasteiger partial charge on any atom is -0.459 e. The Kier molecular flexibility index (Phi) is 7.28. The first-order valence-corrected chi connectivity index (χ1v) is 11.6. The zero-order valence-corrected chi connectivity index (χ0v) is 20.4. The van der Waals surface area contributed by atoms with Crippen molar-refractivity contribution < 1.29 is 23.9 Å². The quantitative estimate of drug-likeness (QED) is 0.536. The molecule has 36 heavy (non-hydrogen) atoms. The second-order valence-electron chi connectivity index (χ2n) is 9.40. The van der Waals surface area contributed by atoms with Crippen LogP contribution in [-0.2, 0) is 9.47 Å². The molecule has 11 heteroatoms. The second-order valence-corrected chi connectivity index (χ2v) is 9.40. The summed E-state index contributed by atoms with van der Waals surface area (Å²) >= 11 is 0. The van der Waals surface area contributed by atoms with Crippen LogP contribution in [0.1, 0.15) is 54.3 Å². The summed E-state index contributed by atoms with van der Waals surface area (Å²) in [4.78, 5) is 38.9. The average molecular weight is 493 g/mol. The van der Waals surface area contributed by atoms with Gasteiger partial charge in [-0.15, -0.1) is 5.10 Å². The van der Waals surface area contributed by atoms with E-state index >= 15 is 0 Å². The van der Waals surface area contributed by atoms with Crippen molar-refractivity contribution in [2.75, 3.05) is 18.4 Å². The van der Waals surface area contributed by atoms with E-state index in [0.29, 0.717) is 42.7 Å². The summed E-state index contributed by atoms with van der Waals surface area (Å²) in [5.74, 6) is -0.730. The third-order valence-electron chi connectivity index (χ3n) is 5.49. The fourth-order valence-electron chi connectivity index (χ4n) is 3.64. The van der Waals surface area contributed by atoms with Gasteiger partial charge in [0.1, 0.15) is 18.0 Å². The molecule has 1 saturated heterocycles. The molecule has 0 aliphatic carbocycles. The summed E-state index contributed by atoms with van der Waals surface area (Å²) in [5.41, 5.74) is 1.58. The van der Waals surface area contributed by atoms with Crippen LogP contribution in [0.4, 0.5) is 10.5 Å². The van der Waals surface area contributed by atoms with Crippen LogP contribution in [0.25, 0.3) is 5.69 Å². The zero-order chi connectivity index (χ0) is 25.7. The average Bonchev–Trinajstić information content (AvgIpc) is 3.39. The highest BCUT2D eigenvalue weighted by atomic mass is 16.6. The molecule has 0 unspecified atom stereocenters. The molecular formula is C25H28N6O5. The highest BCUT2D eigenvalue weighted by Gasteiger charge is 2.28. The van der Waals surface area contributed by atoms with E-state index in [1.165, 1.54) is 11.0 Å². The maximum absolute atomic E-state index is 12.6. The molecule has 0 atom stereocenters. The Morgan fingerprint density at radius 1 is 0.944 bits per heavy atom. The molecule has 1 N–H and O–H groups in total. The van der Waals surface area contributed by atoms with Crippen molar-refractivity contribution in [2.24, 2.45) is 0 Å². The van der Waals surface area contributed by atoms with Crippen molar-refractivity contribution >= 4 is 23.7 Å². The normalized spacial score (nSPS) is 14.2. The third-order valence-corrected chi connectivity index (χ3v) is 5.49. The van der Waals surface area contributed by atoms with Gasteiger partial charge in [-0.05, 0) is 79.7 Å². The van der Waals surface area contributed by atoms with E-state index in [9.17, 15) is 14.4 Å². The van der Waals surface area contributed by atoms with E-state index in [1.807, 2.05) is 20.8 Å². The van der Waals surface area contributed by atoms with Crippen molar-refractivity contribution in [3.05, 3.63) is 66.0 Å². The number of ether oxygens (including phenoxy) is 2. The zero-order valence-electron chi connectivity index (χ0n) is 20.4. The van der Waals surface area contributed by atoms with Crippen LogP contribution in [0.2, 0.25) is 0 Å². The van der Waals surface area contributed by atoms with Gasteiger partial charge in [-0.2, -0.15) is 0 Å². The fraction of sp³-hybridized carbons (Fsp3) is 0.360. The van der Waals surface area contributed by atoms with Crippen LogP contribution in [0.5, 0.6) is 0 Å². The number of piperidine rings is 1. The lowest BCUT2D eigenvalue weighted by molar-refractivity contribution is -0.00341. The number of nitrogens with zero attached hydrogens (tertiary/aromatic N) is 5.